The molecule has 0 bridgehead atoms. The van der Waals surface area contributed by atoms with Crippen LogP contribution in [0.1, 0.15) is 34.3 Å². The topological polar surface area (TPSA) is 141 Å². The molecular formula is C24H26N2O6. The van der Waals surface area contributed by atoms with Crippen molar-refractivity contribution in [2.75, 3.05) is 13.6 Å². The molecule has 8 nitrogen and oxygen atoms in total. The van der Waals surface area contributed by atoms with Gasteiger partial charge in [0.15, 0.2) is 11.6 Å². The summed E-state index contributed by atoms with van der Waals surface area (Å²) in [6.45, 7) is 4.70. The Labute approximate surface area is 185 Å². The van der Waals surface area contributed by atoms with Gasteiger partial charge in [-0.2, -0.15) is 0 Å². The minimum atomic E-state index is -1.10. The number of phenolic OH excluding ortho intramolecular Hbond substituents is 1. The number of nitrogens with two attached hydrogens (primary N) is 1. The van der Waals surface area contributed by atoms with E-state index in [4.69, 9.17) is 5.73 Å². The van der Waals surface area contributed by atoms with Crippen LogP contribution in [0.25, 0.3) is 0 Å². The minimum Gasteiger partial charge on any atom is -0.511 e. The van der Waals surface area contributed by atoms with Crippen molar-refractivity contribution in [3.8, 4) is 5.75 Å². The lowest BCUT2D eigenvalue weighted by atomic mass is 9.62. The highest BCUT2D eigenvalue weighted by molar-refractivity contribution is 6.22. The first-order chi connectivity index (χ1) is 15.1. The molecule has 0 aliphatic heterocycles. The molecule has 3 aliphatic rings. The summed E-state index contributed by atoms with van der Waals surface area (Å²) in [7, 11) is 1.86. The number of benzene rings is 1. The van der Waals surface area contributed by atoms with Crippen LogP contribution in [0, 0.1) is 17.8 Å². The van der Waals surface area contributed by atoms with Crippen LogP contribution in [0.2, 0.25) is 0 Å². The van der Waals surface area contributed by atoms with Gasteiger partial charge in [0.1, 0.15) is 22.8 Å². The zero-order valence-corrected chi connectivity index (χ0v) is 17.8. The van der Waals surface area contributed by atoms with Crippen molar-refractivity contribution in [2.24, 2.45) is 23.5 Å². The lowest BCUT2D eigenvalue weighted by molar-refractivity contribution is -0.126. The normalized spacial score (nSPS) is 24.9. The molecule has 0 radical (unpaired) electrons. The Hall–Kier alpha value is -3.39. The Morgan fingerprint density at radius 1 is 1.25 bits per heavy atom. The Morgan fingerprint density at radius 2 is 1.97 bits per heavy atom. The quantitative estimate of drug-likeness (QED) is 0.407. The zero-order chi connectivity index (χ0) is 23.3. The van der Waals surface area contributed by atoms with E-state index in [0.717, 1.165) is 0 Å². The third kappa shape index (κ3) is 3.31. The molecule has 3 atom stereocenters. The number of allylic oxidation sites excluding steroid dienone is 3. The molecule has 32 heavy (non-hydrogen) atoms. The van der Waals surface area contributed by atoms with E-state index in [1.807, 2.05) is 18.0 Å². The maximum Gasteiger partial charge on any atom is 0.255 e. The third-order valence-corrected chi connectivity index (χ3v) is 6.72. The van der Waals surface area contributed by atoms with Gasteiger partial charge in [-0.3, -0.25) is 19.3 Å². The van der Waals surface area contributed by atoms with Gasteiger partial charge in [0, 0.05) is 30.6 Å². The standard InChI is InChI=1S/C24H26N2O6/c1-3-6-26(2)10-12-5-4-11-7-13-8-14-9-15(27)19(24(25)32)23(31)18(14)22(30)17(13)21(29)16(11)20(12)28/h3-5,13-14,18,27-28,30H,1,6-10H2,2H3,(H2,25,32). The Balaban J connectivity index is 1.76. The molecule has 0 saturated heterocycles. The zero-order valence-electron chi connectivity index (χ0n) is 17.8. The summed E-state index contributed by atoms with van der Waals surface area (Å²) in [4.78, 5) is 39.9. The predicted octanol–water partition coefficient (Wildman–Crippen LogP) is 2.08. The number of carbonyl (C=O) groups excluding carboxylic acids is 3. The molecule has 0 fully saturated rings. The van der Waals surface area contributed by atoms with Crippen LogP contribution in [-0.2, 0) is 22.6 Å². The number of amides is 1. The molecule has 0 saturated carbocycles. The van der Waals surface area contributed by atoms with Gasteiger partial charge >= 0.3 is 0 Å². The molecule has 3 aliphatic carbocycles. The van der Waals surface area contributed by atoms with Crippen LogP contribution in [0.4, 0.5) is 0 Å². The van der Waals surface area contributed by atoms with E-state index in [-0.39, 0.29) is 40.7 Å². The molecule has 3 unspecified atom stereocenters. The highest BCUT2D eigenvalue weighted by atomic mass is 16.3. The predicted molar refractivity (Wildman–Crippen MR) is 116 cm³/mol. The second kappa shape index (κ2) is 7.94. The van der Waals surface area contributed by atoms with Crippen molar-refractivity contribution >= 4 is 17.5 Å². The van der Waals surface area contributed by atoms with E-state index in [1.165, 1.54) is 0 Å². The number of hydrogen-bond donors (Lipinski definition) is 4. The van der Waals surface area contributed by atoms with E-state index < -0.39 is 34.9 Å². The molecule has 0 aromatic heterocycles. The van der Waals surface area contributed by atoms with Gasteiger partial charge in [0.2, 0.25) is 0 Å². The Bertz CT molecular complexity index is 1120. The first kappa shape index (κ1) is 21.8. The van der Waals surface area contributed by atoms with Crippen molar-refractivity contribution in [3.63, 3.8) is 0 Å². The van der Waals surface area contributed by atoms with Crippen molar-refractivity contribution in [1.29, 1.82) is 0 Å². The number of carbonyl (C=O) groups is 3. The summed E-state index contributed by atoms with van der Waals surface area (Å²) in [6, 6.07) is 3.61. The maximum atomic E-state index is 13.4. The number of ketones is 2. The Morgan fingerprint density at radius 3 is 2.62 bits per heavy atom. The molecule has 0 heterocycles. The summed E-state index contributed by atoms with van der Waals surface area (Å²) in [6.07, 6.45) is 2.58. The number of primary amides is 1. The van der Waals surface area contributed by atoms with Crippen LogP contribution in [0.3, 0.4) is 0 Å². The van der Waals surface area contributed by atoms with Gasteiger partial charge in [-0.1, -0.05) is 18.2 Å². The largest absolute Gasteiger partial charge is 0.511 e. The minimum absolute atomic E-state index is 0.0311. The summed E-state index contributed by atoms with van der Waals surface area (Å²) in [5, 5.41) is 32.1. The molecule has 168 valence electrons. The van der Waals surface area contributed by atoms with E-state index >= 15 is 0 Å². The number of aliphatic hydroxyl groups is 2. The van der Waals surface area contributed by atoms with Crippen LogP contribution < -0.4 is 5.73 Å². The molecule has 1 aromatic carbocycles. The third-order valence-electron chi connectivity index (χ3n) is 6.72. The van der Waals surface area contributed by atoms with Gasteiger partial charge in [-0.25, -0.2) is 0 Å². The second-order valence-electron chi connectivity index (χ2n) is 8.85. The highest BCUT2D eigenvalue weighted by Crippen LogP contribution is 2.49. The van der Waals surface area contributed by atoms with E-state index in [9.17, 15) is 29.7 Å². The molecule has 5 N–H and O–H groups in total. The fraction of sp³-hybridized carbons (Fsp3) is 0.375. The van der Waals surface area contributed by atoms with Crippen molar-refractivity contribution in [3.05, 3.63) is 64.1 Å². The number of Topliss-reactive ketones (excluding diaryl/α,β-unsaturated/α-hetero) is 2. The van der Waals surface area contributed by atoms with Gasteiger partial charge in [0.25, 0.3) is 5.91 Å². The van der Waals surface area contributed by atoms with Crippen LogP contribution in [0.15, 0.2) is 47.5 Å². The Kier molecular flexibility index (Phi) is 5.42. The summed E-state index contributed by atoms with van der Waals surface area (Å²) in [5.41, 5.74) is 6.23. The monoisotopic (exact) mass is 438 g/mol. The maximum absolute atomic E-state index is 13.4. The van der Waals surface area contributed by atoms with E-state index in [0.29, 0.717) is 37.1 Å². The number of nitrogens with zero attached hydrogens (tertiary/aromatic N) is 1. The first-order valence-electron chi connectivity index (χ1n) is 10.5. The second-order valence-corrected chi connectivity index (χ2v) is 8.85. The summed E-state index contributed by atoms with van der Waals surface area (Å²) >= 11 is 0. The molecule has 0 spiro atoms. The van der Waals surface area contributed by atoms with Gasteiger partial charge in [-0.05, 0) is 37.3 Å². The molecule has 1 amide bonds. The number of aromatic hydroxyl groups is 1. The van der Waals surface area contributed by atoms with Crippen LogP contribution >= 0.6 is 0 Å². The fourth-order valence-electron chi connectivity index (χ4n) is 5.36. The number of rotatable bonds is 5. The average Bonchev–Trinajstić information content (AvgIpc) is 2.69. The van der Waals surface area contributed by atoms with Crippen molar-refractivity contribution < 1.29 is 29.7 Å². The van der Waals surface area contributed by atoms with Crippen molar-refractivity contribution in [2.45, 2.75) is 25.8 Å². The first-order valence-corrected chi connectivity index (χ1v) is 10.5. The SMILES string of the molecule is C=CCN(C)Cc1ccc2c(c1O)C(=O)C1=C(O)C3C(=O)C(C(N)=O)=C(O)CC3CC1C2. The van der Waals surface area contributed by atoms with Crippen molar-refractivity contribution in [1.82, 2.24) is 4.90 Å². The smallest absolute Gasteiger partial charge is 0.255 e. The highest BCUT2D eigenvalue weighted by Gasteiger charge is 2.50. The lowest BCUT2D eigenvalue weighted by Gasteiger charge is -2.40. The van der Waals surface area contributed by atoms with Gasteiger partial charge in [0.05, 0.1) is 11.5 Å². The molecule has 4 rings (SSSR count). The number of hydrogen-bond acceptors (Lipinski definition) is 7. The number of phenols is 1. The molecule has 8 heteroatoms. The molecular weight excluding hydrogens is 412 g/mol. The van der Waals surface area contributed by atoms with Gasteiger partial charge in [-0.15, -0.1) is 6.58 Å². The molecule has 1 aromatic rings. The number of likely N-dealkylation sites (N-methyl/N-ethyl adjacent to an activating group) is 1. The summed E-state index contributed by atoms with van der Waals surface area (Å²) < 4.78 is 0. The number of aliphatic hydroxyl groups excluding tert-OH is 2. The average molecular weight is 438 g/mol. The van der Waals surface area contributed by atoms with Crippen LogP contribution in [0.5, 0.6) is 5.75 Å². The van der Waals surface area contributed by atoms with Crippen LogP contribution in [-0.4, -0.2) is 51.3 Å². The fourth-order valence-corrected chi connectivity index (χ4v) is 5.36. The number of fused-ring (bicyclic) bond motifs is 3. The van der Waals surface area contributed by atoms with E-state index in [1.54, 1.807) is 12.1 Å². The van der Waals surface area contributed by atoms with Gasteiger partial charge < -0.3 is 21.1 Å². The van der Waals surface area contributed by atoms with E-state index in [2.05, 4.69) is 6.58 Å². The summed E-state index contributed by atoms with van der Waals surface area (Å²) in [5.74, 6) is -5.10. The lowest BCUT2D eigenvalue weighted by Crippen LogP contribution is -2.43.